The first kappa shape index (κ1) is 17.2. The normalized spacial score (nSPS) is 9.81. The van der Waals surface area contributed by atoms with E-state index in [2.05, 4.69) is 17.2 Å². The smallest absolute Gasteiger partial charge is 0.224 e. The van der Waals surface area contributed by atoms with Crippen LogP contribution in [0, 0.1) is 11.8 Å². The third-order valence-electron chi connectivity index (χ3n) is 3.09. The van der Waals surface area contributed by atoms with Crippen LogP contribution < -0.4 is 16.8 Å². The Morgan fingerprint density at radius 1 is 1.10 bits per heavy atom. The van der Waals surface area contributed by atoms with Crippen molar-refractivity contribution in [3.05, 3.63) is 29.8 Å². The standard InChI is InChI=1S/C17H25N3O/c18-12-5-3-1-2-4-11-17(21)20-16-10-6-8-15(14-16)9-7-13-19/h6,8,10,14H,1-5,11-13,18-19H2,(H,20,21). The molecule has 0 aliphatic rings. The van der Waals surface area contributed by atoms with Gasteiger partial charge in [-0.1, -0.05) is 37.2 Å². The lowest BCUT2D eigenvalue weighted by molar-refractivity contribution is -0.116. The molecule has 0 aromatic heterocycles. The number of nitrogens with one attached hydrogen (secondary N) is 1. The minimum absolute atomic E-state index is 0.0535. The van der Waals surface area contributed by atoms with Crippen LogP contribution in [-0.4, -0.2) is 19.0 Å². The number of carbonyl (C=O) groups is 1. The van der Waals surface area contributed by atoms with E-state index in [1.165, 1.54) is 0 Å². The summed E-state index contributed by atoms with van der Waals surface area (Å²) in [6, 6.07) is 7.51. The van der Waals surface area contributed by atoms with Crippen LogP contribution in [0.5, 0.6) is 0 Å². The number of rotatable bonds is 8. The van der Waals surface area contributed by atoms with Gasteiger partial charge < -0.3 is 16.8 Å². The summed E-state index contributed by atoms with van der Waals surface area (Å²) in [4.78, 5) is 11.8. The van der Waals surface area contributed by atoms with Gasteiger partial charge in [-0.25, -0.2) is 0 Å². The van der Waals surface area contributed by atoms with Crippen molar-refractivity contribution in [3.8, 4) is 11.8 Å². The van der Waals surface area contributed by atoms with Crippen molar-refractivity contribution in [3.63, 3.8) is 0 Å². The summed E-state index contributed by atoms with van der Waals surface area (Å²) in [7, 11) is 0. The number of hydrogen-bond donors (Lipinski definition) is 3. The molecule has 0 spiro atoms. The van der Waals surface area contributed by atoms with Gasteiger partial charge in [-0.3, -0.25) is 4.79 Å². The molecule has 0 fully saturated rings. The van der Waals surface area contributed by atoms with Crippen LogP contribution >= 0.6 is 0 Å². The highest BCUT2D eigenvalue weighted by atomic mass is 16.1. The molecule has 0 saturated heterocycles. The fraction of sp³-hybridized carbons (Fsp3) is 0.471. The van der Waals surface area contributed by atoms with Gasteiger partial charge in [0, 0.05) is 17.7 Å². The largest absolute Gasteiger partial charge is 0.330 e. The van der Waals surface area contributed by atoms with Crippen LogP contribution in [0.3, 0.4) is 0 Å². The summed E-state index contributed by atoms with van der Waals surface area (Å²) in [5.41, 5.74) is 12.4. The van der Waals surface area contributed by atoms with Crippen LogP contribution in [0.25, 0.3) is 0 Å². The molecule has 5 N–H and O–H groups in total. The van der Waals surface area contributed by atoms with Crippen LogP contribution in [0.1, 0.15) is 44.1 Å². The molecule has 0 radical (unpaired) electrons. The van der Waals surface area contributed by atoms with Crippen molar-refractivity contribution in [2.45, 2.75) is 38.5 Å². The van der Waals surface area contributed by atoms with Crippen molar-refractivity contribution in [1.29, 1.82) is 0 Å². The van der Waals surface area contributed by atoms with Crippen molar-refractivity contribution < 1.29 is 4.79 Å². The summed E-state index contributed by atoms with van der Waals surface area (Å²) in [5.74, 6) is 5.81. The number of benzene rings is 1. The second kappa shape index (κ2) is 10.9. The quantitative estimate of drug-likeness (QED) is 0.506. The van der Waals surface area contributed by atoms with E-state index in [9.17, 15) is 4.79 Å². The minimum atomic E-state index is 0.0535. The van der Waals surface area contributed by atoms with E-state index < -0.39 is 0 Å². The average molecular weight is 287 g/mol. The number of amides is 1. The van der Waals surface area contributed by atoms with Gasteiger partial charge >= 0.3 is 0 Å². The van der Waals surface area contributed by atoms with Gasteiger partial charge in [-0.05, 0) is 37.6 Å². The molecule has 0 atom stereocenters. The maximum Gasteiger partial charge on any atom is 0.224 e. The number of nitrogens with two attached hydrogens (primary N) is 2. The Bertz CT molecular complexity index is 488. The summed E-state index contributed by atoms with van der Waals surface area (Å²) in [6.07, 6.45) is 5.93. The number of hydrogen-bond acceptors (Lipinski definition) is 3. The molecule has 0 bridgehead atoms. The Morgan fingerprint density at radius 2 is 1.86 bits per heavy atom. The predicted molar refractivity (Wildman–Crippen MR) is 87.8 cm³/mol. The Kier molecular flexibility index (Phi) is 8.94. The molecule has 4 heteroatoms. The molecule has 0 heterocycles. The molecule has 1 amide bonds. The van der Waals surface area contributed by atoms with E-state index in [1.54, 1.807) is 0 Å². The lowest BCUT2D eigenvalue weighted by Crippen LogP contribution is -2.11. The predicted octanol–water partition coefficient (Wildman–Crippen LogP) is 2.23. The minimum Gasteiger partial charge on any atom is -0.330 e. The Morgan fingerprint density at radius 3 is 2.62 bits per heavy atom. The highest BCUT2D eigenvalue weighted by Crippen LogP contribution is 2.11. The van der Waals surface area contributed by atoms with Crippen LogP contribution in [0.15, 0.2) is 24.3 Å². The first-order chi connectivity index (χ1) is 10.3. The van der Waals surface area contributed by atoms with Gasteiger partial charge in [0.1, 0.15) is 0 Å². The number of anilines is 1. The number of carbonyl (C=O) groups excluding carboxylic acids is 1. The molecule has 0 aliphatic heterocycles. The zero-order valence-corrected chi connectivity index (χ0v) is 12.5. The van der Waals surface area contributed by atoms with Gasteiger partial charge in [0.05, 0.1) is 6.54 Å². The highest BCUT2D eigenvalue weighted by Gasteiger charge is 2.02. The lowest BCUT2D eigenvalue weighted by Gasteiger charge is -2.05. The van der Waals surface area contributed by atoms with Gasteiger partial charge in [-0.2, -0.15) is 0 Å². The van der Waals surface area contributed by atoms with E-state index >= 15 is 0 Å². The number of unbranched alkanes of at least 4 members (excludes halogenated alkanes) is 4. The Hall–Kier alpha value is -1.83. The summed E-state index contributed by atoms with van der Waals surface area (Å²) >= 11 is 0. The van der Waals surface area contributed by atoms with E-state index in [4.69, 9.17) is 11.5 Å². The molecule has 21 heavy (non-hydrogen) atoms. The molecule has 1 rings (SSSR count). The third-order valence-corrected chi connectivity index (χ3v) is 3.09. The summed E-state index contributed by atoms with van der Waals surface area (Å²) < 4.78 is 0. The average Bonchev–Trinajstić information content (AvgIpc) is 2.49. The van der Waals surface area contributed by atoms with Crippen molar-refractivity contribution in [1.82, 2.24) is 0 Å². The molecule has 1 aromatic rings. The maximum absolute atomic E-state index is 11.8. The summed E-state index contributed by atoms with van der Waals surface area (Å²) in [5, 5.41) is 2.90. The molecule has 0 unspecified atom stereocenters. The molecular formula is C17H25N3O. The molecule has 0 saturated carbocycles. The first-order valence-corrected chi connectivity index (χ1v) is 7.55. The second-order valence-corrected chi connectivity index (χ2v) is 4.94. The van der Waals surface area contributed by atoms with Gasteiger partial charge in [-0.15, -0.1) is 0 Å². The SMILES string of the molecule is NCC#Cc1cccc(NC(=O)CCCCCCCN)c1. The van der Waals surface area contributed by atoms with Crippen LogP contribution in [0.4, 0.5) is 5.69 Å². The molecular weight excluding hydrogens is 262 g/mol. The summed E-state index contributed by atoms with van der Waals surface area (Å²) in [6.45, 7) is 1.09. The molecule has 4 nitrogen and oxygen atoms in total. The van der Waals surface area contributed by atoms with Crippen LogP contribution in [-0.2, 0) is 4.79 Å². The van der Waals surface area contributed by atoms with Crippen molar-refractivity contribution in [2.24, 2.45) is 11.5 Å². The first-order valence-electron chi connectivity index (χ1n) is 7.55. The molecule has 114 valence electrons. The van der Waals surface area contributed by atoms with Gasteiger partial charge in [0.25, 0.3) is 0 Å². The Labute approximate surface area is 127 Å². The van der Waals surface area contributed by atoms with Crippen molar-refractivity contribution in [2.75, 3.05) is 18.4 Å². The zero-order chi connectivity index (χ0) is 15.3. The fourth-order valence-corrected chi connectivity index (χ4v) is 2.01. The van der Waals surface area contributed by atoms with Crippen molar-refractivity contribution >= 4 is 11.6 Å². The van der Waals surface area contributed by atoms with Crippen LogP contribution in [0.2, 0.25) is 0 Å². The monoisotopic (exact) mass is 287 g/mol. The fourth-order valence-electron chi connectivity index (χ4n) is 2.01. The maximum atomic E-state index is 11.8. The highest BCUT2D eigenvalue weighted by molar-refractivity contribution is 5.90. The van der Waals surface area contributed by atoms with E-state index in [1.807, 2.05) is 24.3 Å². The lowest BCUT2D eigenvalue weighted by atomic mass is 10.1. The third kappa shape index (κ3) is 8.13. The van der Waals surface area contributed by atoms with E-state index in [-0.39, 0.29) is 5.91 Å². The molecule has 1 aromatic carbocycles. The second-order valence-electron chi connectivity index (χ2n) is 4.94. The Balaban J connectivity index is 2.31. The van der Waals surface area contributed by atoms with E-state index in [0.29, 0.717) is 13.0 Å². The van der Waals surface area contributed by atoms with Gasteiger partial charge in [0.15, 0.2) is 0 Å². The topological polar surface area (TPSA) is 81.1 Å². The van der Waals surface area contributed by atoms with E-state index in [0.717, 1.165) is 49.9 Å². The van der Waals surface area contributed by atoms with Gasteiger partial charge in [0.2, 0.25) is 5.91 Å². The zero-order valence-electron chi connectivity index (χ0n) is 12.5. The molecule has 0 aliphatic carbocycles.